The number of ether oxygens (including phenoxy) is 1. The zero-order valence-corrected chi connectivity index (χ0v) is 11.5. The highest BCUT2D eigenvalue weighted by atomic mass is 19.1. The van der Waals surface area contributed by atoms with Crippen LogP contribution in [-0.2, 0) is 6.42 Å². The van der Waals surface area contributed by atoms with Gasteiger partial charge in [-0.3, -0.25) is 0 Å². The Bertz CT molecular complexity index is 644. The average Bonchev–Trinajstić information content (AvgIpc) is 2.71. The number of allylic oxidation sites excluding steroid dienone is 1. The summed E-state index contributed by atoms with van der Waals surface area (Å²) in [5.41, 5.74) is 4.24. The second-order valence-corrected chi connectivity index (χ2v) is 5.04. The first kappa shape index (κ1) is 12.9. The van der Waals surface area contributed by atoms with Gasteiger partial charge in [0.2, 0.25) is 0 Å². The quantitative estimate of drug-likeness (QED) is 0.766. The van der Waals surface area contributed by atoms with E-state index in [0.717, 1.165) is 30.4 Å². The monoisotopic (exact) mass is 268 g/mol. The maximum Gasteiger partial charge on any atom is 0.168 e. The van der Waals surface area contributed by atoms with E-state index in [0.29, 0.717) is 5.75 Å². The van der Waals surface area contributed by atoms with Crippen molar-refractivity contribution in [2.45, 2.75) is 19.3 Å². The van der Waals surface area contributed by atoms with Crippen LogP contribution in [0.5, 0.6) is 5.75 Å². The molecule has 0 fully saturated rings. The van der Waals surface area contributed by atoms with E-state index in [4.69, 9.17) is 4.74 Å². The van der Waals surface area contributed by atoms with Crippen molar-refractivity contribution in [3.8, 4) is 5.75 Å². The molecule has 2 aromatic carbocycles. The first-order valence-electron chi connectivity index (χ1n) is 6.91. The van der Waals surface area contributed by atoms with Crippen molar-refractivity contribution in [3.05, 3.63) is 65.0 Å². The van der Waals surface area contributed by atoms with Crippen LogP contribution in [-0.4, -0.2) is 7.11 Å². The molecule has 0 heterocycles. The van der Waals surface area contributed by atoms with E-state index in [1.54, 1.807) is 6.07 Å². The summed E-state index contributed by atoms with van der Waals surface area (Å²) in [6.45, 7) is 0. The van der Waals surface area contributed by atoms with Crippen LogP contribution in [0.3, 0.4) is 0 Å². The number of halogens is 1. The zero-order valence-electron chi connectivity index (χ0n) is 11.5. The van der Waals surface area contributed by atoms with Gasteiger partial charge in [0, 0.05) is 0 Å². The molecule has 1 aliphatic carbocycles. The maximum atomic E-state index is 14.3. The summed E-state index contributed by atoms with van der Waals surface area (Å²) in [6.07, 6.45) is 4.80. The molecule has 0 amide bonds. The van der Waals surface area contributed by atoms with E-state index < -0.39 is 0 Å². The van der Waals surface area contributed by atoms with Crippen molar-refractivity contribution in [1.29, 1.82) is 0 Å². The third kappa shape index (κ3) is 2.34. The minimum absolute atomic E-state index is 0.212. The smallest absolute Gasteiger partial charge is 0.168 e. The SMILES string of the molecule is COc1ccc2c(c1F)CCCC(c1ccccc1)=C2. The lowest BCUT2D eigenvalue weighted by Crippen LogP contribution is -1.97. The van der Waals surface area contributed by atoms with Gasteiger partial charge in [0.05, 0.1) is 7.11 Å². The highest BCUT2D eigenvalue weighted by molar-refractivity contribution is 5.83. The summed E-state index contributed by atoms with van der Waals surface area (Å²) >= 11 is 0. The molecule has 0 bridgehead atoms. The van der Waals surface area contributed by atoms with Crippen LogP contribution in [0.4, 0.5) is 4.39 Å². The Morgan fingerprint density at radius 1 is 1.00 bits per heavy atom. The van der Waals surface area contributed by atoms with Gasteiger partial charge < -0.3 is 4.74 Å². The molecule has 0 N–H and O–H groups in total. The number of benzene rings is 2. The molecule has 1 nitrogen and oxygen atoms in total. The molecule has 0 unspecified atom stereocenters. The van der Waals surface area contributed by atoms with E-state index >= 15 is 0 Å². The highest BCUT2D eigenvalue weighted by Crippen LogP contribution is 2.33. The fraction of sp³-hybridized carbons (Fsp3) is 0.222. The van der Waals surface area contributed by atoms with Gasteiger partial charge in [-0.2, -0.15) is 0 Å². The van der Waals surface area contributed by atoms with Crippen LogP contribution in [0, 0.1) is 5.82 Å². The van der Waals surface area contributed by atoms with Gasteiger partial charge in [-0.1, -0.05) is 42.5 Å². The Hall–Kier alpha value is -2.09. The molecule has 0 radical (unpaired) electrons. The molecule has 2 aromatic rings. The first-order valence-corrected chi connectivity index (χ1v) is 6.91. The third-order valence-electron chi connectivity index (χ3n) is 3.81. The predicted molar refractivity (Wildman–Crippen MR) is 80.2 cm³/mol. The molecule has 2 heteroatoms. The predicted octanol–water partition coefficient (Wildman–Crippen LogP) is 4.71. The van der Waals surface area contributed by atoms with Crippen LogP contribution < -0.4 is 4.74 Å². The molecular weight excluding hydrogens is 251 g/mol. The van der Waals surface area contributed by atoms with Crippen molar-refractivity contribution in [3.63, 3.8) is 0 Å². The van der Waals surface area contributed by atoms with Gasteiger partial charge in [-0.05, 0) is 47.6 Å². The molecule has 20 heavy (non-hydrogen) atoms. The summed E-state index contributed by atoms with van der Waals surface area (Å²) in [4.78, 5) is 0. The summed E-state index contributed by atoms with van der Waals surface area (Å²) in [5.74, 6) is 0.121. The lowest BCUT2D eigenvalue weighted by molar-refractivity contribution is 0.384. The van der Waals surface area contributed by atoms with E-state index in [1.807, 2.05) is 24.3 Å². The number of fused-ring (bicyclic) bond motifs is 1. The number of hydrogen-bond donors (Lipinski definition) is 0. The van der Waals surface area contributed by atoms with E-state index in [-0.39, 0.29) is 5.82 Å². The van der Waals surface area contributed by atoms with Crippen molar-refractivity contribution in [2.75, 3.05) is 7.11 Å². The van der Waals surface area contributed by atoms with Crippen LogP contribution in [0.15, 0.2) is 42.5 Å². The molecule has 0 saturated carbocycles. The molecule has 102 valence electrons. The Balaban J connectivity index is 2.07. The second-order valence-electron chi connectivity index (χ2n) is 5.04. The minimum atomic E-state index is -0.212. The fourth-order valence-electron chi connectivity index (χ4n) is 2.76. The van der Waals surface area contributed by atoms with E-state index in [1.165, 1.54) is 18.2 Å². The second kappa shape index (κ2) is 5.49. The van der Waals surface area contributed by atoms with E-state index in [9.17, 15) is 4.39 Å². The summed E-state index contributed by atoms with van der Waals surface area (Å²) in [6, 6.07) is 14.0. The Morgan fingerprint density at radius 2 is 1.80 bits per heavy atom. The molecule has 0 aromatic heterocycles. The molecule has 0 aliphatic heterocycles. The fourth-order valence-corrected chi connectivity index (χ4v) is 2.76. The molecule has 0 spiro atoms. The van der Waals surface area contributed by atoms with Gasteiger partial charge >= 0.3 is 0 Å². The van der Waals surface area contributed by atoms with Crippen molar-refractivity contribution in [2.24, 2.45) is 0 Å². The van der Waals surface area contributed by atoms with Gasteiger partial charge in [0.25, 0.3) is 0 Å². The zero-order chi connectivity index (χ0) is 13.9. The number of methoxy groups -OCH3 is 1. The van der Waals surface area contributed by atoms with E-state index in [2.05, 4.69) is 18.2 Å². The molecule has 0 atom stereocenters. The summed E-state index contributed by atoms with van der Waals surface area (Å²) in [5, 5.41) is 0. The Morgan fingerprint density at radius 3 is 2.55 bits per heavy atom. The lowest BCUT2D eigenvalue weighted by atomic mass is 10.0. The van der Waals surface area contributed by atoms with Crippen molar-refractivity contribution in [1.82, 2.24) is 0 Å². The van der Waals surface area contributed by atoms with Crippen molar-refractivity contribution < 1.29 is 9.13 Å². The minimum Gasteiger partial charge on any atom is -0.494 e. The van der Waals surface area contributed by atoms with Gasteiger partial charge in [0.1, 0.15) is 0 Å². The topological polar surface area (TPSA) is 9.23 Å². The van der Waals surface area contributed by atoms with Crippen LogP contribution >= 0.6 is 0 Å². The number of rotatable bonds is 2. The standard InChI is InChI=1S/C18H17FO/c1-20-17-11-10-15-12-14(13-6-3-2-4-7-13)8-5-9-16(15)18(17)19/h2-4,6-7,10-12H,5,8-9H2,1H3. The lowest BCUT2D eigenvalue weighted by Gasteiger charge is -2.09. The molecule has 3 rings (SSSR count). The highest BCUT2D eigenvalue weighted by Gasteiger charge is 2.16. The average molecular weight is 268 g/mol. The van der Waals surface area contributed by atoms with Gasteiger partial charge in [-0.15, -0.1) is 0 Å². The first-order chi connectivity index (χ1) is 9.79. The third-order valence-corrected chi connectivity index (χ3v) is 3.81. The van der Waals surface area contributed by atoms with Crippen molar-refractivity contribution >= 4 is 11.6 Å². The molecular formula is C18H17FO. The van der Waals surface area contributed by atoms with Crippen LogP contribution in [0.1, 0.15) is 29.5 Å². The Labute approximate surface area is 118 Å². The van der Waals surface area contributed by atoms with Crippen LogP contribution in [0.25, 0.3) is 11.6 Å². The maximum absolute atomic E-state index is 14.3. The molecule has 1 aliphatic rings. The normalized spacial score (nSPS) is 14.2. The molecule has 0 saturated heterocycles. The van der Waals surface area contributed by atoms with Crippen LogP contribution in [0.2, 0.25) is 0 Å². The van der Waals surface area contributed by atoms with Gasteiger partial charge in [0.15, 0.2) is 11.6 Å². The summed E-state index contributed by atoms with van der Waals surface area (Å²) < 4.78 is 19.4. The van der Waals surface area contributed by atoms with Gasteiger partial charge in [-0.25, -0.2) is 4.39 Å². The number of hydrogen-bond acceptors (Lipinski definition) is 1. The summed E-state index contributed by atoms with van der Waals surface area (Å²) in [7, 11) is 1.51. The Kier molecular flexibility index (Phi) is 3.55. The largest absolute Gasteiger partial charge is 0.494 e.